The fourth-order valence-electron chi connectivity index (χ4n) is 3.40. The molecule has 3 aromatic rings. The molecule has 1 aliphatic rings. The number of rotatable bonds is 5. The Balaban J connectivity index is 1.35. The van der Waals surface area contributed by atoms with Gasteiger partial charge in [-0.25, -0.2) is 9.48 Å². The second-order valence-electron chi connectivity index (χ2n) is 7.08. The number of aromatic nitrogens is 2. The van der Waals surface area contributed by atoms with Crippen molar-refractivity contribution >= 4 is 11.9 Å². The minimum absolute atomic E-state index is 0.275. The zero-order valence-corrected chi connectivity index (χ0v) is 15.6. The molecule has 1 aliphatic heterocycles. The van der Waals surface area contributed by atoms with E-state index < -0.39 is 11.6 Å². The number of benzene rings is 2. The summed E-state index contributed by atoms with van der Waals surface area (Å²) in [7, 11) is 0. The quantitative estimate of drug-likeness (QED) is 0.696. The molecule has 1 N–H and O–H groups in total. The van der Waals surface area contributed by atoms with E-state index in [4.69, 9.17) is 4.74 Å². The number of nitrogens with one attached hydrogen (secondary N) is 1. The van der Waals surface area contributed by atoms with Crippen LogP contribution in [0.15, 0.2) is 67.0 Å². The number of fused-ring (bicyclic) bond motifs is 1. The van der Waals surface area contributed by atoms with E-state index in [2.05, 4.69) is 10.4 Å². The van der Waals surface area contributed by atoms with Gasteiger partial charge in [0.1, 0.15) is 0 Å². The third kappa shape index (κ3) is 3.53. The summed E-state index contributed by atoms with van der Waals surface area (Å²) in [6.07, 6.45) is 4.69. The first kappa shape index (κ1) is 18.0. The largest absolute Gasteiger partial charge is 0.445 e. The molecule has 2 heterocycles. The van der Waals surface area contributed by atoms with E-state index in [0.717, 1.165) is 16.8 Å². The van der Waals surface area contributed by atoms with Crippen LogP contribution < -0.4 is 5.32 Å². The molecule has 142 valence electrons. The summed E-state index contributed by atoms with van der Waals surface area (Å²) in [5.41, 5.74) is 2.27. The zero-order chi connectivity index (χ0) is 19.6. The van der Waals surface area contributed by atoms with Gasteiger partial charge in [0.25, 0.3) is 5.91 Å². The van der Waals surface area contributed by atoms with Gasteiger partial charge >= 0.3 is 5.97 Å². The third-order valence-corrected chi connectivity index (χ3v) is 4.97. The van der Waals surface area contributed by atoms with Crippen LogP contribution in [0, 0.1) is 0 Å². The van der Waals surface area contributed by atoms with Crippen molar-refractivity contribution in [3.63, 3.8) is 0 Å². The van der Waals surface area contributed by atoms with Gasteiger partial charge in [0, 0.05) is 25.4 Å². The second-order valence-corrected chi connectivity index (χ2v) is 7.08. The lowest BCUT2D eigenvalue weighted by Crippen LogP contribution is -2.52. The maximum Gasteiger partial charge on any atom is 0.339 e. The van der Waals surface area contributed by atoms with Gasteiger partial charge in [0.05, 0.1) is 11.3 Å². The van der Waals surface area contributed by atoms with Crippen molar-refractivity contribution in [1.29, 1.82) is 0 Å². The smallest absolute Gasteiger partial charge is 0.339 e. The van der Waals surface area contributed by atoms with Crippen LogP contribution in [0.2, 0.25) is 0 Å². The lowest BCUT2D eigenvalue weighted by atomic mass is 9.89. The first-order valence-electron chi connectivity index (χ1n) is 9.24. The zero-order valence-electron chi connectivity index (χ0n) is 15.6. The molecule has 28 heavy (non-hydrogen) atoms. The maximum atomic E-state index is 12.7. The molecule has 0 saturated carbocycles. The van der Waals surface area contributed by atoms with Crippen molar-refractivity contribution in [2.75, 3.05) is 6.54 Å². The minimum atomic E-state index is -1.19. The van der Waals surface area contributed by atoms with E-state index in [9.17, 15) is 9.59 Å². The summed E-state index contributed by atoms with van der Waals surface area (Å²) in [4.78, 5) is 24.9. The summed E-state index contributed by atoms with van der Waals surface area (Å²) in [6.45, 7) is 2.13. The second kappa shape index (κ2) is 7.31. The third-order valence-electron chi connectivity index (χ3n) is 4.97. The maximum absolute atomic E-state index is 12.7. The average molecular weight is 375 g/mol. The molecule has 4 rings (SSSR count). The fourth-order valence-corrected chi connectivity index (χ4v) is 3.40. The molecule has 1 aromatic heterocycles. The van der Waals surface area contributed by atoms with Crippen molar-refractivity contribution in [2.24, 2.45) is 0 Å². The lowest BCUT2D eigenvalue weighted by molar-refractivity contribution is -0.139. The normalized spacial score (nSPS) is 18.2. The topological polar surface area (TPSA) is 73.2 Å². The highest BCUT2D eigenvalue weighted by atomic mass is 16.6. The van der Waals surface area contributed by atoms with Crippen LogP contribution in [-0.4, -0.2) is 33.8 Å². The van der Waals surface area contributed by atoms with Crippen LogP contribution in [-0.2, 0) is 22.4 Å². The Kier molecular flexibility index (Phi) is 4.69. The highest BCUT2D eigenvalue weighted by Gasteiger charge is 2.42. The molecule has 0 saturated heterocycles. The van der Waals surface area contributed by atoms with Crippen molar-refractivity contribution < 1.29 is 14.3 Å². The number of carbonyl (C=O) groups excluding carboxylic acids is 2. The highest BCUT2D eigenvalue weighted by molar-refractivity contribution is 5.97. The van der Waals surface area contributed by atoms with E-state index in [-0.39, 0.29) is 5.91 Å². The first-order valence-corrected chi connectivity index (χ1v) is 9.24. The van der Waals surface area contributed by atoms with Crippen molar-refractivity contribution in [3.05, 3.63) is 83.7 Å². The molecular weight excluding hydrogens is 354 g/mol. The Morgan fingerprint density at radius 3 is 2.71 bits per heavy atom. The number of ether oxygens (including phenoxy) is 1. The predicted octanol–water partition coefficient (Wildman–Crippen LogP) is 2.70. The van der Waals surface area contributed by atoms with Crippen LogP contribution >= 0.6 is 0 Å². The number of amides is 1. The van der Waals surface area contributed by atoms with Crippen molar-refractivity contribution in [3.8, 4) is 5.69 Å². The van der Waals surface area contributed by atoms with Crippen LogP contribution in [0.1, 0.15) is 28.4 Å². The number of hydrogen-bond donors (Lipinski definition) is 1. The lowest BCUT2D eigenvalue weighted by Gasteiger charge is -2.33. The summed E-state index contributed by atoms with van der Waals surface area (Å²) >= 11 is 0. The van der Waals surface area contributed by atoms with Gasteiger partial charge < -0.3 is 10.1 Å². The molecule has 2 aromatic carbocycles. The Hall–Kier alpha value is -3.41. The summed E-state index contributed by atoms with van der Waals surface area (Å²) in [5, 5.41) is 7.10. The standard InChI is InChI=1S/C22H21N3O3/c1-22(15-17-5-2-3-6-19(17)20(26)28-22)21(27)23-13-11-16-7-9-18(10-8-16)25-14-4-12-24-25/h2-10,12,14H,11,13,15H2,1H3,(H,23,27). The Morgan fingerprint density at radius 1 is 1.18 bits per heavy atom. The Morgan fingerprint density at radius 2 is 1.96 bits per heavy atom. The molecule has 1 unspecified atom stereocenters. The summed E-state index contributed by atoms with van der Waals surface area (Å²) in [5.74, 6) is -0.725. The van der Waals surface area contributed by atoms with Crippen LogP contribution in [0.5, 0.6) is 0 Å². The number of hydrogen-bond acceptors (Lipinski definition) is 4. The molecule has 0 aliphatic carbocycles. The fraction of sp³-hybridized carbons (Fsp3) is 0.227. The molecule has 6 nitrogen and oxygen atoms in total. The monoisotopic (exact) mass is 375 g/mol. The van der Waals surface area contributed by atoms with Crippen LogP contribution in [0.4, 0.5) is 0 Å². The number of carbonyl (C=O) groups is 2. The van der Waals surface area contributed by atoms with Gasteiger partial charge in [-0.1, -0.05) is 30.3 Å². The Bertz CT molecular complexity index is 996. The molecule has 1 atom stereocenters. The predicted molar refractivity (Wildman–Crippen MR) is 104 cm³/mol. The summed E-state index contributed by atoms with van der Waals surface area (Å²) in [6, 6.07) is 17.1. The van der Waals surface area contributed by atoms with E-state index in [1.165, 1.54) is 0 Å². The molecule has 0 bridgehead atoms. The van der Waals surface area contributed by atoms with E-state index >= 15 is 0 Å². The Labute approximate surface area is 163 Å². The van der Waals surface area contributed by atoms with E-state index in [1.54, 1.807) is 29.9 Å². The van der Waals surface area contributed by atoms with Crippen LogP contribution in [0.3, 0.4) is 0 Å². The number of cyclic esters (lactones) is 1. The van der Waals surface area contributed by atoms with Gasteiger partial charge in [-0.15, -0.1) is 0 Å². The SMILES string of the molecule is CC1(C(=O)NCCc2ccc(-n3cccn3)cc2)Cc2ccccc2C(=O)O1. The molecule has 6 heteroatoms. The molecule has 0 spiro atoms. The highest BCUT2D eigenvalue weighted by Crippen LogP contribution is 2.28. The summed E-state index contributed by atoms with van der Waals surface area (Å²) < 4.78 is 7.25. The minimum Gasteiger partial charge on any atom is -0.445 e. The number of esters is 1. The van der Waals surface area contributed by atoms with Gasteiger partial charge in [-0.3, -0.25) is 4.79 Å². The molecule has 0 fully saturated rings. The molecule has 0 radical (unpaired) electrons. The van der Waals surface area contributed by atoms with Crippen LogP contribution in [0.25, 0.3) is 5.69 Å². The first-order chi connectivity index (χ1) is 13.5. The van der Waals surface area contributed by atoms with Gasteiger partial charge in [-0.05, 0) is 48.7 Å². The molecular formula is C22H21N3O3. The van der Waals surface area contributed by atoms with E-state index in [1.807, 2.05) is 48.7 Å². The van der Waals surface area contributed by atoms with Gasteiger partial charge in [0.15, 0.2) is 5.60 Å². The van der Waals surface area contributed by atoms with E-state index in [0.29, 0.717) is 24.9 Å². The van der Waals surface area contributed by atoms with Crippen molar-refractivity contribution in [1.82, 2.24) is 15.1 Å². The molecule has 1 amide bonds. The number of nitrogens with zero attached hydrogens (tertiary/aromatic N) is 2. The van der Waals surface area contributed by atoms with Gasteiger partial charge in [-0.2, -0.15) is 5.10 Å². The average Bonchev–Trinajstić information content (AvgIpc) is 3.23. The van der Waals surface area contributed by atoms with Crippen molar-refractivity contribution in [2.45, 2.75) is 25.4 Å². The van der Waals surface area contributed by atoms with Gasteiger partial charge in [0.2, 0.25) is 0 Å².